The zero-order valence-corrected chi connectivity index (χ0v) is 17.3. The molecule has 0 atom stereocenters. The number of allylic oxidation sites excluding steroid dienone is 1. The SMILES string of the molecule is C=CCCCCNC(=O)c1cnc(O/C=C2/CN(C(C)(C)C)CO2)s1.Cl. The Morgan fingerprint density at radius 2 is 2.27 bits per heavy atom. The van der Waals surface area contributed by atoms with Gasteiger partial charge in [-0.25, -0.2) is 4.98 Å². The summed E-state index contributed by atoms with van der Waals surface area (Å²) in [6.07, 6.45) is 7.93. The highest BCUT2D eigenvalue weighted by atomic mass is 35.5. The van der Waals surface area contributed by atoms with Crippen molar-refractivity contribution in [2.45, 2.75) is 45.6 Å². The van der Waals surface area contributed by atoms with Crippen LogP contribution in [-0.2, 0) is 4.74 Å². The van der Waals surface area contributed by atoms with Crippen LogP contribution in [0.2, 0.25) is 0 Å². The summed E-state index contributed by atoms with van der Waals surface area (Å²) in [5, 5.41) is 3.32. The van der Waals surface area contributed by atoms with Gasteiger partial charge in [-0.15, -0.1) is 19.0 Å². The second-order valence-corrected chi connectivity index (χ2v) is 7.87. The van der Waals surface area contributed by atoms with Gasteiger partial charge in [-0.3, -0.25) is 9.69 Å². The summed E-state index contributed by atoms with van der Waals surface area (Å²) in [6.45, 7) is 12.0. The van der Waals surface area contributed by atoms with Crippen molar-refractivity contribution in [1.82, 2.24) is 15.2 Å². The third-order valence-corrected chi connectivity index (χ3v) is 4.71. The molecule has 6 nitrogen and oxygen atoms in total. The molecule has 0 spiro atoms. The van der Waals surface area contributed by atoms with Crippen LogP contribution < -0.4 is 10.1 Å². The first-order chi connectivity index (χ1) is 11.9. The largest absolute Gasteiger partial charge is 0.478 e. The summed E-state index contributed by atoms with van der Waals surface area (Å²) in [6, 6.07) is 0. The number of hydrogen-bond donors (Lipinski definition) is 1. The fraction of sp³-hybridized carbons (Fsp3) is 0.556. The van der Waals surface area contributed by atoms with Crippen molar-refractivity contribution in [3.8, 4) is 5.19 Å². The lowest BCUT2D eigenvalue weighted by molar-refractivity contribution is 0.0943. The lowest BCUT2D eigenvalue weighted by Gasteiger charge is -2.28. The Bertz CT molecular complexity index is 625. The number of thiazole rings is 1. The third-order valence-electron chi connectivity index (χ3n) is 3.82. The smallest absolute Gasteiger partial charge is 0.278 e. The number of aromatic nitrogens is 1. The minimum Gasteiger partial charge on any atom is -0.478 e. The molecule has 1 N–H and O–H groups in total. The van der Waals surface area contributed by atoms with Gasteiger partial charge in [-0.05, 0) is 40.0 Å². The van der Waals surface area contributed by atoms with Gasteiger partial charge in [0.2, 0.25) is 0 Å². The van der Waals surface area contributed by atoms with Crippen LogP contribution in [0.25, 0.3) is 0 Å². The lowest BCUT2D eigenvalue weighted by Crippen LogP contribution is -2.39. The average Bonchev–Trinajstić information content (AvgIpc) is 3.21. The predicted molar refractivity (Wildman–Crippen MR) is 107 cm³/mol. The van der Waals surface area contributed by atoms with Crippen molar-refractivity contribution in [2.24, 2.45) is 0 Å². The van der Waals surface area contributed by atoms with Crippen LogP contribution in [0.3, 0.4) is 0 Å². The monoisotopic (exact) mass is 401 g/mol. The number of rotatable bonds is 8. The normalized spacial score (nSPS) is 16.0. The highest BCUT2D eigenvalue weighted by Crippen LogP contribution is 2.24. The summed E-state index contributed by atoms with van der Waals surface area (Å²) < 4.78 is 11.1. The molecule has 146 valence electrons. The van der Waals surface area contributed by atoms with Crippen molar-refractivity contribution in [2.75, 3.05) is 19.8 Å². The van der Waals surface area contributed by atoms with E-state index < -0.39 is 0 Å². The van der Waals surface area contributed by atoms with Crippen molar-refractivity contribution in [3.63, 3.8) is 0 Å². The molecule has 0 aromatic carbocycles. The number of hydrogen-bond acceptors (Lipinski definition) is 6. The molecular formula is C18H28ClN3O3S. The summed E-state index contributed by atoms with van der Waals surface area (Å²) in [5.41, 5.74) is 0.0493. The van der Waals surface area contributed by atoms with E-state index in [0.717, 1.165) is 25.0 Å². The Morgan fingerprint density at radius 1 is 1.50 bits per heavy atom. The Morgan fingerprint density at radius 3 is 2.92 bits per heavy atom. The second kappa shape index (κ2) is 10.5. The maximum absolute atomic E-state index is 12.0. The average molecular weight is 402 g/mol. The lowest BCUT2D eigenvalue weighted by atomic mass is 10.1. The van der Waals surface area contributed by atoms with E-state index in [-0.39, 0.29) is 23.9 Å². The van der Waals surface area contributed by atoms with Crippen molar-refractivity contribution in [3.05, 3.63) is 35.8 Å². The first-order valence-electron chi connectivity index (χ1n) is 8.48. The number of ether oxygens (including phenoxy) is 2. The molecule has 1 aliphatic heterocycles. The number of nitrogens with one attached hydrogen (secondary N) is 1. The molecule has 1 aromatic heterocycles. The Balaban J connectivity index is 0.00000338. The van der Waals surface area contributed by atoms with Gasteiger partial charge in [0.25, 0.3) is 11.1 Å². The minimum absolute atomic E-state index is 0. The van der Waals surface area contributed by atoms with Crippen LogP contribution >= 0.6 is 23.7 Å². The first-order valence-corrected chi connectivity index (χ1v) is 9.30. The molecule has 0 saturated carbocycles. The fourth-order valence-corrected chi connectivity index (χ4v) is 2.84. The van der Waals surface area contributed by atoms with Gasteiger partial charge in [0.05, 0.1) is 12.7 Å². The van der Waals surface area contributed by atoms with Crippen LogP contribution in [0.15, 0.2) is 30.9 Å². The zero-order chi connectivity index (χ0) is 18.3. The van der Waals surface area contributed by atoms with Gasteiger partial charge in [0.15, 0.2) is 0 Å². The molecule has 0 aliphatic carbocycles. The minimum atomic E-state index is -0.116. The molecule has 1 fully saturated rings. The van der Waals surface area contributed by atoms with E-state index in [2.05, 4.69) is 42.6 Å². The summed E-state index contributed by atoms with van der Waals surface area (Å²) in [5.74, 6) is 0.646. The molecular weight excluding hydrogens is 374 g/mol. The van der Waals surface area contributed by atoms with Crippen molar-refractivity contribution in [1.29, 1.82) is 0 Å². The quantitative estimate of drug-likeness (QED) is 0.406. The molecule has 2 rings (SSSR count). The van der Waals surface area contributed by atoms with Crippen molar-refractivity contribution < 1.29 is 14.3 Å². The summed E-state index contributed by atoms with van der Waals surface area (Å²) >= 11 is 1.22. The van der Waals surface area contributed by atoms with E-state index in [0.29, 0.717) is 29.9 Å². The molecule has 1 aromatic rings. The molecule has 1 aliphatic rings. The van der Waals surface area contributed by atoms with E-state index in [1.165, 1.54) is 17.5 Å². The van der Waals surface area contributed by atoms with Gasteiger partial charge >= 0.3 is 0 Å². The van der Waals surface area contributed by atoms with E-state index in [4.69, 9.17) is 9.47 Å². The number of halogens is 1. The summed E-state index contributed by atoms with van der Waals surface area (Å²) in [4.78, 5) is 18.9. The van der Waals surface area contributed by atoms with Crippen LogP contribution in [0.5, 0.6) is 5.19 Å². The fourth-order valence-electron chi connectivity index (χ4n) is 2.18. The maximum atomic E-state index is 12.0. The molecule has 1 amide bonds. The maximum Gasteiger partial charge on any atom is 0.278 e. The van der Waals surface area contributed by atoms with Crippen LogP contribution in [0, 0.1) is 0 Å². The predicted octanol–water partition coefficient (Wildman–Crippen LogP) is 3.96. The first kappa shape index (κ1) is 22.5. The van der Waals surface area contributed by atoms with Crippen molar-refractivity contribution >= 4 is 29.7 Å². The highest BCUT2D eigenvalue weighted by molar-refractivity contribution is 7.15. The highest BCUT2D eigenvalue weighted by Gasteiger charge is 2.28. The van der Waals surface area contributed by atoms with E-state index in [1.54, 1.807) is 6.26 Å². The molecule has 8 heteroatoms. The molecule has 0 bridgehead atoms. The Kier molecular flexibility index (Phi) is 9.12. The molecule has 1 saturated heterocycles. The van der Waals surface area contributed by atoms with E-state index in [1.807, 2.05) is 6.08 Å². The number of unbranched alkanes of at least 4 members (excludes halogenated alkanes) is 2. The zero-order valence-electron chi connectivity index (χ0n) is 15.6. The molecule has 2 heterocycles. The van der Waals surface area contributed by atoms with Gasteiger partial charge in [-0.2, -0.15) is 0 Å². The molecule has 26 heavy (non-hydrogen) atoms. The number of carbonyl (C=O) groups is 1. The number of amides is 1. The van der Waals surface area contributed by atoms with Gasteiger partial charge in [0.1, 0.15) is 23.6 Å². The Labute approximate surface area is 165 Å². The summed E-state index contributed by atoms with van der Waals surface area (Å²) in [7, 11) is 0. The van der Waals surface area contributed by atoms with E-state index in [9.17, 15) is 4.79 Å². The van der Waals surface area contributed by atoms with E-state index >= 15 is 0 Å². The van der Waals surface area contributed by atoms with Crippen LogP contribution in [0.4, 0.5) is 0 Å². The Hall–Kier alpha value is -1.57. The second-order valence-electron chi connectivity index (χ2n) is 6.87. The van der Waals surface area contributed by atoms with Crippen LogP contribution in [0.1, 0.15) is 49.7 Å². The number of carbonyl (C=O) groups excluding carboxylic acids is 1. The standard InChI is InChI=1S/C18H27N3O3S.ClH/c1-5-6-7-8-9-19-16(22)15-10-20-17(25-15)23-12-14-11-21(13-24-14)18(2,3)4;/h5,10,12H,1,6-9,11,13H2,2-4H3,(H,19,22);1H/b14-12-;. The topological polar surface area (TPSA) is 63.7 Å². The molecule has 0 radical (unpaired) electrons. The number of nitrogens with zero attached hydrogens (tertiary/aromatic N) is 2. The van der Waals surface area contributed by atoms with Gasteiger partial charge in [-0.1, -0.05) is 17.4 Å². The third kappa shape index (κ3) is 6.97. The molecule has 0 unspecified atom stereocenters. The van der Waals surface area contributed by atoms with Gasteiger partial charge < -0.3 is 14.8 Å². The van der Waals surface area contributed by atoms with Crippen LogP contribution in [-0.4, -0.2) is 41.2 Å². The van der Waals surface area contributed by atoms with Gasteiger partial charge in [0, 0.05) is 12.1 Å².